The van der Waals surface area contributed by atoms with Crippen molar-refractivity contribution >= 4 is 17.6 Å². The van der Waals surface area contributed by atoms with Crippen molar-refractivity contribution in [2.45, 2.75) is 26.3 Å². The molecule has 6 nitrogen and oxygen atoms in total. The summed E-state index contributed by atoms with van der Waals surface area (Å²) >= 11 is 0. The summed E-state index contributed by atoms with van der Waals surface area (Å²) in [4.78, 5) is 26.3. The van der Waals surface area contributed by atoms with E-state index in [1.54, 1.807) is 29.2 Å². The molecule has 2 rings (SSSR count). The van der Waals surface area contributed by atoms with Crippen LogP contribution in [-0.4, -0.2) is 42.5 Å². The van der Waals surface area contributed by atoms with Crippen molar-refractivity contribution in [1.82, 2.24) is 10.2 Å². The molecule has 120 valence electrons. The lowest BCUT2D eigenvalue weighted by atomic mass is 10.1. The Labute approximate surface area is 131 Å². The Morgan fingerprint density at radius 3 is 2.73 bits per heavy atom. The fraction of sp³-hybridized carbons (Fsp3) is 0.500. The Hall–Kier alpha value is -2.08. The normalized spacial score (nSPS) is 17.6. The number of amides is 3. The number of rotatable bonds is 4. The smallest absolute Gasteiger partial charge is 0.319 e. The summed E-state index contributed by atoms with van der Waals surface area (Å²) in [6.07, 6.45) is 0.936. The number of anilines is 1. The molecule has 0 spiro atoms. The van der Waals surface area contributed by atoms with Gasteiger partial charge in [-0.15, -0.1) is 0 Å². The largest absolute Gasteiger partial charge is 0.338 e. The van der Waals surface area contributed by atoms with E-state index in [0.717, 1.165) is 6.42 Å². The van der Waals surface area contributed by atoms with Gasteiger partial charge in [-0.25, -0.2) is 4.79 Å². The van der Waals surface area contributed by atoms with Crippen molar-refractivity contribution in [1.29, 1.82) is 0 Å². The molecule has 6 heteroatoms. The first kappa shape index (κ1) is 16.3. The molecular formula is C16H24N4O2. The second kappa shape index (κ2) is 7.26. The fourth-order valence-electron chi connectivity index (χ4n) is 2.58. The summed E-state index contributed by atoms with van der Waals surface area (Å²) in [6, 6.07) is 6.81. The number of benzene rings is 1. The third kappa shape index (κ3) is 3.98. The molecule has 0 aromatic heterocycles. The van der Waals surface area contributed by atoms with Gasteiger partial charge in [0.05, 0.1) is 11.3 Å². The van der Waals surface area contributed by atoms with Crippen LogP contribution >= 0.6 is 0 Å². The topological polar surface area (TPSA) is 87.5 Å². The summed E-state index contributed by atoms with van der Waals surface area (Å²) in [7, 11) is 0. The number of nitrogens with zero attached hydrogens (tertiary/aromatic N) is 1. The number of nitrogens with one attached hydrogen (secondary N) is 2. The molecule has 1 saturated heterocycles. The highest BCUT2D eigenvalue weighted by atomic mass is 16.2. The van der Waals surface area contributed by atoms with E-state index in [0.29, 0.717) is 36.8 Å². The highest BCUT2D eigenvalue weighted by Crippen LogP contribution is 2.22. The van der Waals surface area contributed by atoms with Crippen molar-refractivity contribution in [2.24, 2.45) is 11.7 Å². The molecule has 1 unspecified atom stereocenters. The Morgan fingerprint density at radius 1 is 1.36 bits per heavy atom. The predicted octanol–water partition coefficient (Wildman–Crippen LogP) is 1.64. The summed E-state index contributed by atoms with van der Waals surface area (Å²) in [5, 5.41) is 5.50. The van der Waals surface area contributed by atoms with Crippen molar-refractivity contribution in [2.75, 3.05) is 25.0 Å². The molecule has 1 heterocycles. The Morgan fingerprint density at radius 2 is 2.09 bits per heavy atom. The molecule has 1 aliphatic rings. The third-order valence-electron chi connectivity index (χ3n) is 3.73. The van der Waals surface area contributed by atoms with Gasteiger partial charge in [-0.2, -0.15) is 0 Å². The van der Waals surface area contributed by atoms with Gasteiger partial charge in [-0.3, -0.25) is 4.79 Å². The van der Waals surface area contributed by atoms with Gasteiger partial charge in [0.1, 0.15) is 0 Å². The van der Waals surface area contributed by atoms with Crippen LogP contribution in [0.2, 0.25) is 0 Å². The maximum Gasteiger partial charge on any atom is 0.319 e. The van der Waals surface area contributed by atoms with E-state index in [1.807, 2.05) is 13.8 Å². The number of hydrogen-bond donors (Lipinski definition) is 3. The number of likely N-dealkylation sites (tertiary alicyclic amines) is 1. The lowest BCUT2D eigenvalue weighted by Crippen LogP contribution is -2.35. The Kier molecular flexibility index (Phi) is 5.38. The summed E-state index contributed by atoms with van der Waals surface area (Å²) in [6.45, 7) is 5.76. The molecule has 0 radical (unpaired) electrons. The first-order valence-corrected chi connectivity index (χ1v) is 7.67. The number of nitrogens with two attached hydrogens (primary N) is 1. The van der Waals surface area contributed by atoms with Crippen LogP contribution in [0.3, 0.4) is 0 Å². The molecular weight excluding hydrogens is 280 g/mol. The molecule has 3 amide bonds. The zero-order valence-corrected chi connectivity index (χ0v) is 13.1. The minimum Gasteiger partial charge on any atom is -0.338 e. The zero-order chi connectivity index (χ0) is 16.1. The molecule has 4 N–H and O–H groups in total. The minimum atomic E-state index is -0.309. The van der Waals surface area contributed by atoms with Crippen LogP contribution in [0.1, 0.15) is 30.6 Å². The summed E-state index contributed by atoms with van der Waals surface area (Å²) in [5.74, 6) is 0.310. The Bertz CT molecular complexity index is 545. The van der Waals surface area contributed by atoms with Gasteiger partial charge in [0, 0.05) is 19.1 Å². The average molecular weight is 304 g/mol. The van der Waals surface area contributed by atoms with E-state index >= 15 is 0 Å². The monoisotopic (exact) mass is 304 g/mol. The van der Waals surface area contributed by atoms with E-state index in [4.69, 9.17) is 5.73 Å². The zero-order valence-electron chi connectivity index (χ0n) is 13.1. The second-order valence-electron chi connectivity index (χ2n) is 5.94. The lowest BCUT2D eigenvalue weighted by molar-refractivity contribution is 0.0788. The van der Waals surface area contributed by atoms with Crippen molar-refractivity contribution in [3.05, 3.63) is 29.8 Å². The van der Waals surface area contributed by atoms with Crippen LogP contribution < -0.4 is 16.4 Å². The summed E-state index contributed by atoms with van der Waals surface area (Å²) < 4.78 is 0. The van der Waals surface area contributed by atoms with Crippen LogP contribution in [0.4, 0.5) is 10.5 Å². The van der Waals surface area contributed by atoms with Gasteiger partial charge in [0.2, 0.25) is 0 Å². The first-order chi connectivity index (χ1) is 10.5. The Balaban J connectivity index is 2.11. The van der Waals surface area contributed by atoms with Gasteiger partial charge in [-0.1, -0.05) is 12.1 Å². The first-order valence-electron chi connectivity index (χ1n) is 7.67. The van der Waals surface area contributed by atoms with E-state index in [-0.39, 0.29) is 18.0 Å². The highest BCUT2D eigenvalue weighted by molar-refractivity contribution is 6.03. The molecule has 1 fully saturated rings. The third-order valence-corrected chi connectivity index (χ3v) is 3.73. The number of carbonyl (C=O) groups excluding carboxylic acids is 2. The number of para-hydroxylation sites is 1. The van der Waals surface area contributed by atoms with E-state index < -0.39 is 0 Å². The SMILES string of the molecule is CC(C)NC(=O)Nc1ccccc1C(=O)N1CCC(CN)C1. The molecule has 1 atom stereocenters. The maximum absolute atomic E-state index is 12.6. The van der Waals surface area contributed by atoms with Crippen LogP contribution in [0.25, 0.3) is 0 Å². The van der Waals surface area contributed by atoms with Crippen molar-refractivity contribution in [3.8, 4) is 0 Å². The molecule has 1 aliphatic heterocycles. The van der Waals surface area contributed by atoms with Crippen LogP contribution in [0, 0.1) is 5.92 Å². The van der Waals surface area contributed by atoms with Gasteiger partial charge >= 0.3 is 6.03 Å². The van der Waals surface area contributed by atoms with Gasteiger partial charge in [0.25, 0.3) is 5.91 Å². The molecule has 0 bridgehead atoms. The quantitative estimate of drug-likeness (QED) is 0.790. The fourth-order valence-corrected chi connectivity index (χ4v) is 2.58. The van der Waals surface area contributed by atoms with Crippen LogP contribution in [-0.2, 0) is 0 Å². The molecule has 0 aliphatic carbocycles. The van der Waals surface area contributed by atoms with Crippen molar-refractivity contribution < 1.29 is 9.59 Å². The van der Waals surface area contributed by atoms with E-state index in [2.05, 4.69) is 10.6 Å². The number of carbonyl (C=O) groups is 2. The van der Waals surface area contributed by atoms with Crippen molar-refractivity contribution in [3.63, 3.8) is 0 Å². The number of hydrogen-bond acceptors (Lipinski definition) is 3. The van der Waals surface area contributed by atoms with Crippen LogP contribution in [0.15, 0.2) is 24.3 Å². The average Bonchev–Trinajstić information content (AvgIpc) is 2.95. The molecule has 1 aromatic carbocycles. The van der Waals surface area contributed by atoms with Gasteiger partial charge < -0.3 is 21.3 Å². The minimum absolute atomic E-state index is 0.0340. The standard InChI is InChI=1S/C16H24N4O2/c1-11(2)18-16(22)19-14-6-4-3-5-13(14)15(21)20-8-7-12(9-17)10-20/h3-6,11-12H,7-10,17H2,1-2H3,(H2,18,19,22). The predicted molar refractivity (Wildman–Crippen MR) is 86.8 cm³/mol. The van der Waals surface area contributed by atoms with E-state index in [9.17, 15) is 9.59 Å². The second-order valence-corrected chi connectivity index (χ2v) is 5.94. The van der Waals surface area contributed by atoms with Gasteiger partial charge in [-0.05, 0) is 44.9 Å². The summed E-state index contributed by atoms with van der Waals surface area (Å²) in [5.41, 5.74) is 6.72. The molecule has 0 saturated carbocycles. The molecule has 22 heavy (non-hydrogen) atoms. The van der Waals surface area contributed by atoms with Crippen LogP contribution in [0.5, 0.6) is 0 Å². The number of urea groups is 1. The molecule has 1 aromatic rings. The van der Waals surface area contributed by atoms with Gasteiger partial charge in [0.15, 0.2) is 0 Å². The highest BCUT2D eigenvalue weighted by Gasteiger charge is 2.27. The lowest BCUT2D eigenvalue weighted by Gasteiger charge is -2.19. The maximum atomic E-state index is 12.6. The van der Waals surface area contributed by atoms with E-state index in [1.165, 1.54) is 0 Å².